The molecule has 0 amide bonds. The lowest BCUT2D eigenvalue weighted by molar-refractivity contribution is 0.441. The number of thioether (sulfide) groups is 1. The Labute approximate surface area is 100 Å². The fraction of sp³-hybridized carbons (Fsp3) is 0.900. The van der Waals surface area contributed by atoms with Crippen LogP contribution in [0.1, 0.15) is 38.1 Å². The highest BCUT2D eigenvalue weighted by Gasteiger charge is 2.31. The van der Waals surface area contributed by atoms with Crippen molar-refractivity contribution >= 4 is 11.8 Å². The number of nitrogens with one attached hydrogen (secondary N) is 1. The van der Waals surface area contributed by atoms with Crippen LogP contribution in [0.4, 0.5) is 0 Å². The first-order chi connectivity index (χ1) is 7.86. The van der Waals surface area contributed by atoms with E-state index in [9.17, 15) is 0 Å². The molecule has 2 atom stereocenters. The molecule has 1 heterocycles. The molecule has 90 valence electrons. The molecule has 0 spiro atoms. The maximum atomic E-state index is 4.15. The molecule has 1 aromatic heterocycles. The van der Waals surface area contributed by atoms with Gasteiger partial charge in [0, 0.05) is 5.25 Å². The average molecular weight is 241 g/mol. The van der Waals surface area contributed by atoms with Crippen molar-refractivity contribution in [1.82, 2.24) is 25.5 Å². The van der Waals surface area contributed by atoms with Gasteiger partial charge in [-0.25, -0.2) is 4.68 Å². The fourth-order valence-electron chi connectivity index (χ4n) is 2.34. The molecule has 0 aromatic carbocycles. The first-order valence-electron chi connectivity index (χ1n) is 5.89. The van der Waals surface area contributed by atoms with Crippen LogP contribution in [0.25, 0.3) is 0 Å². The summed E-state index contributed by atoms with van der Waals surface area (Å²) in [5, 5.41) is 15.8. The van der Waals surface area contributed by atoms with Crippen molar-refractivity contribution in [2.45, 2.75) is 44.0 Å². The predicted molar refractivity (Wildman–Crippen MR) is 65.4 cm³/mol. The second-order valence-electron chi connectivity index (χ2n) is 4.06. The molecule has 6 heteroatoms. The van der Waals surface area contributed by atoms with Crippen LogP contribution in [-0.4, -0.2) is 38.3 Å². The number of tetrazole rings is 1. The summed E-state index contributed by atoms with van der Waals surface area (Å²) in [6.07, 6.45) is 3.79. The first kappa shape index (κ1) is 11.9. The van der Waals surface area contributed by atoms with Crippen molar-refractivity contribution in [2.75, 3.05) is 12.8 Å². The molecule has 0 saturated heterocycles. The van der Waals surface area contributed by atoms with Crippen molar-refractivity contribution < 1.29 is 0 Å². The Kier molecular flexibility index (Phi) is 4.17. The van der Waals surface area contributed by atoms with Gasteiger partial charge in [-0.3, -0.25) is 0 Å². The minimum atomic E-state index is 0.489. The van der Waals surface area contributed by atoms with E-state index in [0.29, 0.717) is 11.3 Å². The number of aromatic nitrogens is 4. The SMILES string of the molecule is CCSC1CCCC1n1nnnc1CNC. The zero-order valence-electron chi connectivity index (χ0n) is 9.89. The van der Waals surface area contributed by atoms with Gasteiger partial charge in [0.15, 0.2) is 5.82 Å². The molecule has 16 heavy (non-hydrogen) atoms. The highest BCUT2D eigenvalue weighted by atomic mass is 32.2. The highest BCUT2D eigenvalue weighted by Crippen LogP contribution is 2.38. The maximum absolute atomic E-state index is 4.15. The van der Waals surface area contributed by atoms with Crippen LogP contribution in [0.15, 0.2) is 0 Å². The fourth-order valence-corrected chi connectivity index (χ4v) is 3.57. The van der Waals surface area contributed by atoms with E-state index in [1.807, 2.05) is 23.5 Å². The Bertz CT molecular complexity index is 327. The summed E-state index contributed by atoms with van der Waals surface area (Å²) in [6, 6.07) is 0.489. The molecular formula is C10H19N5S. The van der Waals surface area contributed by atoms with Crippen molar-refractivity contribution in [3.63, 3.8) is 0 Å². The van der Waals surface area contributed by atoms with E-state index in [4.69, 9.17) is 0 Å². The van der Waals surface area contributed by atoms with Gasteiger partial charge in [0.1, 0.15) is 0 Å². The topological polar surface area (TPSA) is 55.6 Å². The molecule has 0 aliphatic heterocycles. The summed E-state index contributed by atoms with van der Waals surface area (Å²) in [7, 11) is 1.92. The van der Waals surface area contributed by atoms with E-state index in [1.54, 1.807) is 0 Å². The third-order valence-corrected chi connectivity index (χ3v) is 4.32. The van der Waals surface area contributed by atoms with Crippen LogP contribution in [0.5, 0.6) is 0 Å². The number of hydrogen-bond donors (Lipinski definition) is 1. The van der Waals surface area contributed by atoms with E-state index < -0.39 is 0 Å². The predicted octanol–water partition coefficient (Wildman–Crippen LogP) is 1.24. The number of hydrogen-bond acceptors (Lipinski definition) is 5. The summed E-state index contributed by atoms with van der Waals surface area (Å²) in [6.45, 7) is 2.96. The average Bonchev–Trinajstić information content (AvgIpc) is 2.87. The van der Waals surface area contributed by atoms with Gasteiger partial charge in [0.25, 0.3) is 0 Å². The minimum Gasteiger partial charge on any atom is -0.313 e. The molecule has 0 radical (unpaired) electrons. The van der Waals surface area contributed by atoms with Gasteiger partial charge in [-0.05, 0) is 36.1 Å². The van der Waals surface area contributed by atoms with Gasteiger partial charge in [-0.1, -0.05) is 13.3 Å². The molecule has 1 saturated carbocycles. The first-order valence-corrected chi connectivity index (χ1v) is 6.94. The van der Waals surface area contributed by atoms with E-state index in [1.165, 1.54) is 25.0 Å². The van der Waals surface area contributed by atoms with Crippen molar-refractivity contribution in [2.24, 2.45) is 0 Å². The molecule has 1 aliphatic carbocycles. The zero-order chi connectivity index (χ0) is 11.4. The van der Waals surface area contributed by atoms with E-state index in [0.717, 1.165) is 12.4 Å². The summed E-state index contributed by atoms with van der Waals surface area (Å²) in [4.78, 5) is 0. The number of nitrogens with zero attached hydrogens (tertiary/aromatic N) is 4. The molecule has 1 N–H and O–H groups in total. The largest absolute Gasteiger partial charge is 0.313 e. The van der Waals surface area contributed by atoms with Gasteiger partial charge >= 0.3 is 0 Å². The third kappa shape index (κ3) is 2.38. The molecule has 1 fully saturated rings. The van der Waals surface area contributed by atoms with E-state index in [2.05, 4.69) is 27.8 Å². The zero-order valence-corrected chi connectivity index (χ0v) is 10.7. The van der Waals surface area contributed by atoms with Crippen LogP contribution in [0, 0.1) is 0 Å². The van der Waals surface area contributed by atoms with Crippen molar-refractivity contribution in [1.29, 1.82) is 0 Å². The van der Waals surface area contributed by atoms with Gasteiger partial charge in [-0.2, -0.15) is 11.8 Å². The van der Waals surface area contributed by atoms with Crippen molar-refractivity contribution in [3.8, 4) is 0 Å². The quantitative estimate of drug-likeness (QED) is 0.840. The molecule has 5 nitrogen and oxygen atoms in total. The van der Waals surface area contributed by atoms with Gasteiger partial charge in [-0.15, -0.1) is 5.10 Å². The normalized spacial score (nSPS) is 25.1. The van der Waals surface area contributed by atoms with Crippen LogP contribution < -0.4 is 5.32 Å². The lowest BCUT2D eigenvalue weighted by Gasteiger charge is -2.19. The van der Waals surface area contributed by atoms with E-state index in [-0.39, 0.29) is 0 Å². The Morgan fingerprint density at radius 2 is 2.38 bits per heavy atom. The third-order valence-electron chi connectivity index (χ3n) is 3.01. The van der Waals surface area contributed by atoms with Crippen LogP contribution in [0.3, 0.4) is 0 Å². The molecule has 2 rings (SSSR count). The summed E-state index contributed by atoms with van der Waals surface area (Å²) >= 11 is 2.04. The molecule has 0 bridgehead atoms. The maximum Gasteiger partial charge on any atom is 0.165 e. The Morgan fingerprint density at radius 1 is 1.50 bits per heavy atom. The number of rotatable bonds is 5. The summed E-state index contributed by atoms with van der Waals surface area (Å²) in [5.41, 5.74) is 0. The standard InChI is InChI=1S/C10H19N5S/c1-3-16-9-6-4-5-8(9)15-10(7-11-2)12-13-14-15/h8-9,11H,3-7H2,1-2H3. The highest BCUT2D eigenvalue weighted by molar-refractivity contribution is 7.99. The Morgan fingerprint density at radius 3 is 3.12 bits per heavy atom. The van der Waals surface area contributed by atoms with Crippen LogP contribution in [-0.2, 0) is 6.54 Å². The van der Waals surface area contributed by atoms with Crippen LogP contribution >= 0.6 is 11.8 Å². The summed E-state index contributed by atoms with van der Waals surface area (Å²) in [5.74, 6) is 2.13. The monoisotopic (exact) mass is 241 g/mol. The van der Waals surface area contributed by atoms with E-state index >= 15 is 0 Å². The second-order valence-corrected chi connectivity index (χ2v) is 5.58. The Balaban J connectivity index is 2.12. The lowest BCUT2D eigenvalue weighted by Crippen LogP contribution is -2.22. The molecule has 1 aromatic rings. The molecular weight excluding hydrogens is 222 g/mol. The second kappa shape index (κ2) is 5.63. The molecule has 2 unspecified atom stereocenters. The van der Waals surface area contributed by atoms with Gasteiger partial charge in [0.05, 0.1) is 12.6 Å². The lowest BCUT2D eigenvalue weighted by atomic mass is 10.2. The minimum absolute atomic E-state index is 0.489. The van der Waals surface area contributed by atoms with Gasteiger partial charge < -0.3 is 5.32 Å². The molecule has 1 aliphatic rings. The van der Waals surface area contributed by atoms with Gasteiger partial charge in [0.2, 0.25) is 0 Å². The summed E-state index contributed by atoms with van der Waals surface area (Å²) < 4.78 is 2.02. The van der Waals surface area contributed by atoms with Crippen molar-refractivity contribution in [3.05, 3.63) is 5.82 Å². The Hall–Kier alpha value is -0.620. The smallest absolute Gasteiger partial charge is 0.165 e. The van der Waals surface area contributed by atoms with Crippen LogP contribution in [0.2, 0.25) is 0 Å².